The van der Waals surface area contributed by atoms with Crippen molar-refractivity contribution < 1.29 is 8.95 Å². The Morgan fingerprint density at radius 2 is 2.50 bits per heavy atom. The van der Waals surface area contributed by atoms with Crippen LogP contribution < -0.4 is 15.2 Å². The Bertz CT molecular complexity index is 493. The molecule has 0 aliphatic carbocycles. The number of rotatable bonds is 3. The molecule has 0 saturated heterocycles. The molecule has 0 bridgehead atoms. The smallest absolute Gasteiger partial charge is 0.231 e. The zero-order valence-corrected chi connectivity index (χ0v) is 9.84. The van der Waals surface area contributed by atoms with Crippen LogP contribution in [-0.4, -0.2) is 27.6 Å². The highest BCUT2D eigenvalue weighted by Gasteiger charge is 2.26. The minimum absolute atomic E-state index is 0.224. The maximum atomic E-state index is 11.7. The van der Waals surface area contributed by atoms with Gasteiger partial charge in [0.1, 0.15) is 14.8 Å². The maximum absolute atomic E-state index is 11.7. The molecule has 2 heterocycles. The van der Waals surface area contributed by atoms with E-state index in [1.807, 2.05) is 0 Å². The van der Waals surface area contributed by atoms with E-state index in [2.05, 4.69) is 10.4 Å². The molecule has 4 N–H and O–H groups in total. The maximum Gasteiger partial charge on any atom is 0.231 e. The van der Waals surface area contributed by atoms with Gasteiger partial charge in [0.15, 0.2) is 0 Å². The summed E-state index contributed by atoms with van der Waals surface area (Å²) in [5.74, 6) is 0.388. The second-order valence-corrected chi connectivity index (χ2v) is 5.25. The van der Waals surface area contributed by atoms with E-state index in [0.29, 0.717) is 31.3 Å². The Balaban J connectivity index is 2.57. The molecular weight excluding hydrogens is 230 g/mol. The van der Waals surface area contributed by atoms with Crippen LogP contribution in [0, 0.1) is 4.78 Å². The van der Waals surface area contributed by atoms with Crippen molar-refractivity contribution in [1.29, 1.82) is 4.78 Å². The molecule has 7 nitrogen and oxygen atoms in total. The number of aromatic nitrogens is 2. The number of nitrogens with one attached hydrogen (secondary N) is 2. The lowest BCUT2D eigenvalue weighted by Gasteiger charge is -2.15. The quantitative estimate of drug-likeness (QED) is 0.677. The number of aryl methyl sites for hydroxylation is 1. The van der Waals surface area contributed by atoms with E-state index in [1.54, 1.807) is 11.7 Å². The lowest BCUT2D eigenvalue weighted by Crippen LogP contribution is -2.18. The van der Waals surface area contributed by atoms with Gasteiger partial charge in [0.2, 0.25) is 5.88 Å². The fourth-order valence-electron chi connectivity index (χ4n) is 1.74. The molecule has 8 heteroatoms. The van der Waals surface area contributed by atoms with Gasteiger partial charge in [-0.25, -0.2) is 18.8 Å². The summed E-state index contributed by atoms with van der Waals surface area (Å²) in [6.07, 6.45) is 0.858. The number of hydrogen-bond donors (Lipinski definition) is 3. The van der Waals surface area contributed by atoms with Crippen LogP contribution in [-0.2, 0) is 23.0 Å². The van der Waals surface area contributed by atoms with Gasteiger partial charge in [-0.2, -0.15) is 5.10 Å². The summed E-state index contributed by atoms with van der Waals surface area (Å²) in [7, 11) is -1.55. The summed E-state index contributed by atoms with van der Waals surface area (Å²) in [6, 6.07) is 0. The second kappa shape index (κ2) is 4.04. The molecule has 0 radical (unpaired) electrons. The fourth-order valence-corrected chi connectivity index (χ4v) is 2.63. The summed E-state index contributed by atoms with van der Waals surface area (Å²) in [6.45, 7) is 1.68. The fraction of sp³-hybridized carbons (Fsp3) is 0.625. The van der Waals surface area contributed by atoms with Crippen molar-refractivity contribution in [2.75, 3.05) is 13.7 Å². The van der Waals surface area contributed by atoms with E-state index in [1.165, 1.54) is 0 Å². The molecular formula is C8H15N5O2S. The normalized spacial score (nSPS) is 18.6. The van der Waals surface area contributed by atoms with E-state index in [9.17, 15) is 4.21 Å². The van der Waals surface area contributed by atoms with Gasteiger partial charge in [0, 0.05) is 19.5 Å². The van der Waals surface area contributed by atoms with Crippen LogP contribution in [0.2, 0.25) is 0 Å². The molecule has 2 rings (SSSR count). The zero-order valence-electron chi connectivity index (χ0n) is 9.02. The van der Waals surface area contributed by atoms with Gasteiger partial charge in [0.25, 0.3) is 0 Å². The van der Waals surface area contributed by atoms with Gasteiger partial charge in [-0.3, -0.25) is 0 Å². The molecule has 0 fully saturated rings. The highest BCUT2D eigenvalue weighted by molar-refractivity contribution is 7.90. The summed E-state index contributed by atoms with van der Waals surface area (Å²) >= 11 is 0. The molecule has 1 aliphatic heterocycles. The number of nitrogens with zero attached hydrogens (tertiary/aromatic N) is 2. The average molecular weight is 245 g/mol. The molecule has 0 saturated carbocycles. The third kappa shape index (κ3) is 1.91. The highest BCUT2D eigenvalue weighted by Crippen LogP contribution is 2.29. The van der Waals surface area contributed by atoms with Crippen LogP contribution in [0.15, 0.2) is 4.90 Å². The number of fused-ring (bicyclic) bond motifs is 1. The second-order valence-electron chi connectivity index (χ2n) is 3.64. The standard InChI is InChI=1S/C8H15N5O2S/c1-11-5-6-7(16(9,10)14)8-13(12-6)3-2-4-15-8/h11H,2-5H2,1H3,(H3,9,10,14). The molecule has 0 amide bonds. The largest absolute Gasteiger partial charge is 0.477 e. The number of ether oxygens (including phenoxy) is 1. The van der Waals surface area contributed by atoms with Crippen molar-refractivity contribution in [3.63, 3.8) is 0 Å². The molecule has 1 aromatic rings. The Morgan fingerprint density at radius 3 is 3.12 bits per heavy atom. The molecule has 90 valence electrons. The van der Waals surface area contributed by atoms with Gasteiger partial charge in [0.05, 0.1) is 12.3 Å². The van der Waals surface area contributed by atoms with Crippen LogP contribution in [0.25, 0.3) is 0 Å². The van der Waals surface area contributed by atoms with Crippen molar-refractivity contribution >= 4 is 9.92 Å². The van der Waals surface area contributed by atoms with Crippen molar-refractivity contribution in [1.82, 2.24) is 15.1 Å². The summed E-state index contributed by atoms with van der Waals surface area (Å²) in [5, 5.41) is 12.6. The molecule has 16 heavy (non-hydrogen) atoms. The Hall–Kier alpha value is -1.12. The number of hydrogen-bond acceptors (Lipinski definition) is 5. The minimum atomic E-state index is -3.30. The highest BCUT2D eigenvalue weighted by atomic mass is 32.2. The van der Waals surface area contributed by atoms with Gasteiger partial charge in [-0.15, -0.1) is 0 Å². The summed E-state index contributed by atoms with van der Waals surface area (Å²) in [4.78, 5) is 0.224. The van der Waals surface area contributed by atoms with E-state index in [-0.39, 0.29) is 4.90 Å². The Labute approximate surface area is 94.1 Å². The van der Waals surface area contributed by atoms with E-state index in [4.69, 9.17) is 14.7 Å². The Kier molecular flexibility index (Phi) is 2.87. The topological polar surface area (TPSA) is 106 Å². The number of nitrogens with two attached hydrogens (primary N) is 1. The molecule has 1 aliphatic rings. The summed E-state index contributed by atoms with van der Waals surface area (Å²) < 4.78 is 26.2. The zero-order chi connectivity index (χ0) is 11.8. The van der Waals surface area contributed by atoms with Crippen molar-refractivity contribution in [3.8, 4) is 5.88 Å². The molecule has 1 atom stereocenters. The van der Waals surface area contributed by atoms with Crippen LogP contribution in [0.5, 0.6) is 5.88 Å². The van der Waals surface area contributed by atoms with E-state index in [0.717, 1.165) is 6.42 Å². The van der Waals surface area contributed by atoms with Crippen LogP contribution in [0.3, 0.4) is 0 Å². The Morgan fingerprint density at radius 1 is 1.75 bits per heavy atom. The van der Waals surface area contributed by atoms with Crippen molar-refractivity contribution in [2.45, 2.75) is 24.4 Å². The minimum Gasteiger partial charge on any atom is -0.477 e. The molecule has 0 aromatic carbocycles. The summed E-state index contributed by atoms with van der Waals surface area (Å²) in [5.41, 5.74) is 0.530. The third-order valence-electron chi connectivity index (χ3n) is 2.33. The first-order valence-electron chi connectivity index (χ1n) is 4.97. The van der Waals surface area contributed by atoms with E-state index < -0.39 is 9.92 Å². The molecule has 0 spiro atoms. The first kappa shape index (κ1) is 11.4. The first-order valence-corrected chi connectivity index (χ1v) is 6.60. The lowest BCUT2D eigenvalue weighted by atomic mass is 10.4. The van der Waals surface area contributed by atoms with Crippen LogP contribution >= 0.6 is 0 Å². The lowest BCUT2D eigenvalue weighted by molar-refractivity contribution is 0.224. The monoisotopic (exact) mass is 245 g/mol. The van der Waals surface area contributed by atoms with Gasteiger partial charge < -0.3 is 10.1 Å². The van der Waals surface area contributed by atoms with Gasteiger partial charge in [-0.1, -0.05) is 0 Å². The van der Waals surface area contributed by atoms with Gasteiger partial charge in [-0.05, 0) is 7.05 Å². The first-order chi connectivity index (χ1) is 7.54. The predicted octanol–water partition coefficient (Wildman–Crippen LogP) is -0.336. The van der Waals surface area contributed by atoms with Crippen molar-refractivity contribution in [3.05, 3.63) is 5.69 Å². The van der Waals surface area contributed by atoms with Gasteiger partial charge >= 0.3 is 0 Å². The van der Waals surface area contributed by atoms with E-state index >= 15 is 0 Å². The molecule has 1 aromatic heterocycles. The average Bonchev–Trinajstić information content (AvgIpc) is 2.55. The van der Waals surface area contributed by atoms with Crippen LogP contribution in [0.4, 0.5) is 0 Å². The SMILES string of the molecule is CNCc1nn2c(c1S(=N)(N)=O)OCCC2. The van der Waals surface area contributed by atoms with Crippen LogP contribution in [0.1, 0.15) is 12.1 Å². The predicted molar refractivity (Wildman–Crippen MR) is 58.4 cm³/mol. The van der Waals surface area contributed by atoms with Crippen molar-refractivity contribution in [2.24, 2.45) is 5.14 Å². The third-order valence-corrected chi connectivity index (χ3v) is 3.35. The molecule has 1 unspecified atom stereocenters.